The highest BCUT2D eigenvalue weighted by atomic mass is 35.5. The summed E-state index contributed by atoms with van der Waals surface area (Å²) < 4.78 is 0. The molecule has 1 aromatic carbocycles. The zero-order valence-electron chi connectivity index (χ0n) is 10.8. The summed E-state index contributed by atoms with van der Waals surface area (Å²) in [4.78, 5) is 6.09. The maximum Gasteiger partial charge on any atom is 0.112 e. The van der Waals surface area contributed by atoms with Gasteiger partial charge in [0.05, 0.1) is 10.4 Å². The van der Waals surface area contributed by atoms with Crippen molar-refractivity contribution in [3.05, 3.63) is 45.9 Å². The van der Waals surface area contributed by atoms with Crippen molar-refractivity contribution in [3.63, 3.8) is 0 Å². The molecule has 1 N–H and O–H groups in total. The molecule has 0 amide bonds. The minimum absolute atomic E-state index is 0.132. The Bertz CT molecular complexity index is 513. The fraction of sp³-hybridized carbons (Fsp3) is 0.357. The topological polar surface area (TPSA) is 33.1 Å². The van der Waals surface area contributed by atoms with E-state index in [9.17, 15) is 5.11 Å². The van der Waals surface area contributed by atoms with Gasteiger partial charge in [-0.05, 0) is 30.2 Å². The number of hydrogen-bond donors (Lipinski definition) is 1. The number of rotatable bonds is 5. The lowest BCUT2D eigenvalue weighted by atomic mass is 9.91. The van der Waals surface area contributed by atoms with Gasteiger partial charge < -0.3 is 5.11 Å². The predicted octanol–water partition coefficient (Wildman–Crippen LogP) is 4.43. The molecule has 2 aromatic rings. The third-order valence-corrected chi connectivity index (χ3v) is 5.47. The molecule has 1 heterocycles. The van der Waals surface area contributed by atoms with E-state index in [0.29, 0.717) is 5.75 Å². The highest BCUT2D eigenvalue weighted by Gasteiger charge is 2.34. The van der Waals surface area contributed by atoms with Crippen molar-refractivity contribution in [2.24, 2.45) is 5.92 Å². The van der Waals surface area contributed by atoms with Gasteiger partial charge >= 0.3 is 0 Å². The number of benzene rings is 1. The Morgan fingerprint density at radius 1 is 1.37 bits per heavy atom. The molecule has 0 aliphatic heterocycles. The van der Waals surface area contributed by atoms with Crippen molar-refractivity contribution in [3.8, 4) is 0 Å². The average molecular weight is 314 g/mol. The molecule has 1 atom stereocenters. The van der Waals surface area contributed by atoms with E-state index in [1.807, 2.05) is 38.1 Å². The molecule has 19 heavy (non-hydrogen) atoms. The van der Waals surface area contributed by atoms with Crippen LogP contribution in [0.1, 0.15) is 18.7 Å². The van der Waals surface area contributed by atoms with Gasteiger partial charge in [0.15, 0.2) is 0 Å². The molecule has 0 bridgehead atoms. The Morgan fingerprint density at radius 2 is 2.05 bits per heavy atom. The van der Waals surface area contributed by atoms with Gasteiger partial charge in [0, 0.05) is 21.9 Å². The lowest BCUT2D eigenvalue weighted by Gasteiger charge is -2.30. The average Bonchev–Trinajstić information content (AvgIpc) is 2.92. The first-order valence-electron chi connectivity index (χ1n) is 6.02. The van der Waals surface area contributed by atoms with Crippen LogP contribution in [0.4, 0.5) is 0 Å². The Kier molecular flexibility index (Phi) is 4.90. The molecule has 5 heteroatoms. The fourth-order valence-electron chi connectivity index (χ4n) is 1.68. The zero-order valence-corrected chi connectivity index (χ0v) is 13.2. The number of nitrogens with zero attached hydrogens (tertiary/aromatic N) is 1. The van der Waals surface area contributed by atoms with E-state index in [1.54, 1.807) is 23.5 Å². The molecule has 1 unspecified atom stereocenters. The first kappa shape index (κ1) is 14.9. The molecule has 102 valence electrons. The molecule has 0 spiro atoms. The number of thiazole rings is 1. The van der Waals surface area contributed by atoms with Crippen molar-refractivity contribution in [1.29, 1.82) is 0 Å². The van der Waals surface area contributed by atoms with Crippen LogP contribution in [0.2, 0.25) is 5.02 Å². The van der Waals surface area contributed by atoms with E-state index in [2.05, 4.69) is 4.98 Å². The van der Waals surface area contributed by atoms with Crippen LogP contribution in [0.5, 0.6) is 0 Å². The van der Waals surface area contributed by atoms with Gasteiger partial charge in [-0.25, -0.2) is 0 Å². The van der Waals surface area contributed by atoms with Gasteiger partial charge in [-0.3, -0.25) is 4.98 Å². The predicted molar refractivity (Wildman–Crippen MR) is 83.0 cm³/mol. The van der Waals surface area contributed by atoms with Crippen molar-refractivity contribution in [2.45, 2.75) is 24.3 Å². The van der Waals surface area contributed by atoms with Crippen LogP contribution in [0, 0.1) is 5.92 Å². The van der Waals surface area contributed by atoms with Crippen molar-refractivity contribution in [2.75, 3.05) is 5.75 Å². The lowest BCUT2D eigenvalue weighted by molar-refractivity contribution is 0.0176. The normalized spacial score (nSPS) is 14.6. The Morgan fingerprint density at radius 3 is 2.58 bits per heavy atom. The summed E-state index contributed by atoms with van der Waals surface area (Å²) in [6.07, 6.45) is 1.76. The summed E-state index contributed by atoms with van der Waals surface area (Å²) in [7, 11) is 0. The van der Waals surface area contributed by atoms with E-state index in [4.69, 9.17) is 11.6 Å². The molecule has 2 nitrogen and oxygen atoms in total. The van der Waals surface area contributed by atoms with Crippen molar-refractivity contribution < 1.29 is 5.11 Å². The Labute approximate surface area is 126 Å². The lowest BCUT2D eigenvalue weighted by Crippen LogP contribution is -2.33. The van der Waals surface area contributed by atoms with Crippen LogP contribution < -0.4 is 0 Å². The standard InChI is InChI=1S/C14H16ClNOS2/c1-10(2)14(17,13-7-16-9-19-13)8-18-12-5-3-11(15)4-6-12/h3-7,9-10,17H,8H2,1-2H3. The van der Waals surface area contributed by atoms with E-state index < -0.39 is 5.60 Å². The second-order valence-electron chi connectivity index (χ2n) is 4.69. The monoisotopic (exact) mass is 313 g/mol. The van der Waals surface area contributed by atoms with Crippen LogP contribution in [-0.2, 0) is 5.60 Å². The smallest absolute Gasteiger partial charge is 0.112 e. The summed E-state index contributed by atoms with van der Waals surface area (Å²) in [5.41, 5.74) is 0.918. The first-order valence-corrected chi connectivity index (χ1v) is 8.26. The minimum Gasteiger partial charge on any atom is -0.383 e. The maximum absolute atomic E-state index is 10.9. The Hall–Kier alpha value is -0.550. The highest BCUT2D eigenvalue weighted by Crippen LogP contribution is 2.37. The summed E-state index contributed by atoms with van der Waals surface area (Å²) in [5, 5.41) is 11.6. The Balaban J connectivity index is 2.12. The van der Waals surface area contributed by atoms with Crippen molar-refractivity contribution in [1.82, 2.24) is 4.98 Å². The molecule has 0 saturated heterocycles. The molecule has 2 rings (SSSR count). The van der Waals surface area contributed by atoms with Gasteiger partial charge in [-0.15, -0.1) is 23.1 Å². The third kappa shape index (κ3) is 3.51. The third-order valence-electron chi connectivity index (χ3n) is 3.09. The SMILES string of the molecule is CC(C)C(O)(CSc1ccc(Cl)cc1)c1cncs1. The largest absolute Gasteiger partial charge is 0.383 e. The van der Waals surface area contributed by atoms with E-state index in [0.717, 1.165) is 14.8 Å². The minimum atomic E-state index is -0.842. The van der Waals surface area contributed by atoms with Crippen LogP contribution in [0.3, 0.4) is 0 Å². The molecule has 0 fully saturated rings. The van der Waals surface area contributed by atoms with Crippen LogP contribution in [-0.4, -0.2) is 15.8 Å². The van der Waals surface area contributed by atoms with Gasteiger partial charge in [0.1, 0.15) is 5.60 Å². The van der Waals surface area contributed by atoms with E-state index in [-0.39, 0.29) is 5.92 Å². The van der Waals surface area contributed by atoms with Crippen LogP contribution in [0.25, 0.3) is 0 Å². The van der Waals surface area contributed by atoms with Gasteiger partial charge in [-0.1, -0.05) is 25.4 Å². The quantitative estimate of drug-likeness (QED) is 0.829. The molecular formula is C14H16ClNOS2. The summed E-state index contributed by atoms with van der Waals surface area (Å²) in [6, 6.07) is 7.68. The summed E-state index contributed by atoms with van der Waals surface area (Å²) in [6.45, 7) is 4.06. The zero-order chi connectivity index (χ0) is 13.9. The van der Waals surface area contributed by atoms with Crippen LogP contribution >= 0.6 is 34.7 Å². The second-order valence-corrected chi connectivity index (χ2v) is 7.06. The molecule has 0 aliphatic rings. The number of aromatic nitrogens is 1. The number of hydrogen-bond acceptors (Lipinski definition) is 4. The summed E-state index contributed by atoms with van der Waals surface area (Å²) >= 11 is 9.00. The molecule has 1 aromatic heterocycles. The van der Waals surface area contributed by atoms with E-state index >= 15 is 0 Å². The van der Waals surface area contributed by atoms with Gasteiger partial charge in [-0.2, -0.15) is 0 Å². The van der Waals surface area contributed by atoms with Gasteiger partial charge in [0.2, 0.25) is 0 Å². The number of halogens is 1. The molecule has 0 aliphatic carbocycles. The van der Waals surface area contributed by atoms with Gasteiger partial charge in [0.25, 0.3) is 0 Å². The molecule has 0 saturated carbocycles. The summed E-state index contributed by atoms with van der Waals surface area (Å²) in [5.74, 6) is 0.738. The molecule has 0 radical (unpaired) electrons. The van der Waals surface area contributed by atoms with Crippen LogP contribution in [0.15, 0.2) is 40.9 Å². The molecular weight excluding hydrogens is 298 g/mol. The number of aliphatic hydroxyl groups is 1. The van der Waals surface area contributed by atoms with Crippen molar-refractivity contribution >= 4 is 34.7 Å². The first-order chi connectivity index (χ1) is 9.02. The highest BCUT2D eigenvalue weighted by molar-refractivity contribution is 7.99. The fourth-order valence-corrected chi connectivity index (χ4v) is 3.97. The van der Waals surface area contributed by atoms with E-state index in [1.165, 1.54) is 11.3 Å². The maximum atomic E-state index is 10.9. The second kappa shape index (κ2) is 6.27. The number of thioether (sulfide) groups is 1.